The molecule has 146 valence electrons. The molecule has 2 aromatic heterocycles. The molecule has 0 fully saturated rings. The van der Waals surface area contributed by atoms with Gasteiger partial charge in [-0.15, -0.1) is 10.2 Å². The van der Waals surface area contributed by atoms with Gasteiger partial charge in [0.05, 0.1) is 18.8 Å². The molecule has 0 bridgehead atoms. The van der Waals surface area contributed by atoms with Crippen LogP contribution in [0.4, 0.5) is 0 Å². The lowest BCUT2D eigenvalue weighted by atomic mass is 10.1. The highest BCUT2D eigenvalue weighted by molar-refractivity contribution is 5.94. The SMILES string of the molecule is Cc1cc(C)n(Cc2cccc(C(=O)NCc3nnc(-c4ccccc4)o3)c2)n1. The molecule has 4 aromatic rings. The Kier molecular flexibility index (Phi) is 5.20. The van der Waals surface area contributed by atoms with E-state index in [0.717, 1.165) is 22.5 Å². The van der Waals surface area contributed by atoms with Crippen LogP contribution in [-0.4, -0.2) is 25.9 Å². The van der Waals surface area contributed by atoms with Gasteiger partial charge in [0.2, 0.25) is 11.8 Å². The Hall–Kier alpha value is -3.74. The number of carbonyl (C=O) groups excluding carboxylic acids is 1. The minimum atomic E-state index is -0.195. The van der Waals surface area contributed by atoms with Gasteiger partial charge in [-0.05, 0) is 49.7 Å². The number of hydrogen-bond donors (Lipinski definition) is 1. The van der Waals surface area contributed by atoms with E-state index in [1.54, 1.807) is 6.07 Å². The molecule has 0 aliphatic heterocycles. The van der Waals surface area contributed by atoms with Crippen LogP contribution in [0.5, 0.6) is 0 Å². The maximum Gasteiger partial charge on any atom is 0.251 e. The molecule has 0 radical (unpaired) electrons. The minimum absolute atomic E-state index is 0.167. The molecule has 7 heteroatoms. The van der Waals surface area contributed by atoms with Crippen molar-refractivity contribution in [2.24, 2.45) is 0 Å². The summed E-state index contributed by atoms with van der Waals surface area (Å²) in [5, 5.41) is 15.3. The molecule has 0 atom stereocenters. The monoisotopic (exact) mass is 387 g/mol. The van der Waals surface area contributed by atoms with Crippen molar-refractivity contribution < 1.29 is 9.21 Å². The molecule has 1 N–H and O–H groups in total. The first-order valence-electron chi connectivity index (χ1n) is 9.34. The van der Waals surface area contributed by atoms with Gasteiger partial charge in [0.1, 0.15) is 0 Å². The summed E-state index contributed by atoms with van der Waals surface area (Å²) in [6, 6.07) is 19.1. The third kappa shape index (κ3) is 4.40. The van der Waals surface area contributed by atoms with Crippen molar-refractivity contribution >= 4 is 5.91 Å². The van der Waals surface area contributed by atoms with E-state index < -0.39 is 0 Å². The lowest BCUT2D eigenvalue weighted by molar-refractivity contribution is 0.0947. The van der Waals surface area contributed by atoms with Crippen molar-refractivity contribution in [3.8, 4) is 11.5 Å². The summed E-state index contributed by atoms with van der Waals surface area (Å²) in [4.78, 5) is 12.5. The Morgan fingerprint density at radius 1 is 1.03 bits per heavy atom. The Balaban J connectivity index is 1.40. The smallest absolute Gasteiger partial charge is 0.251 e. The van der Waals surface area contributed by atoms with Gasteiger partial charge in [0.15, 0.2) is 0 Å². The van der Waals surface area contributed by atoms with Crippen LogP contribution in [0.2, 0.25) is 0 Å². The summed E-state index contributed by atoms with van der Waals surface area (Å²) in [6.07, 6.45) is 0. The third-order valence-electron chi connectivity index (χ3n) is 4.51. The van der Waals surface area contributed by atoms with E-state index in [-0.39, 0.29) is 12.5 Å². The van der Waals surface area contributed by atoms with Crippen LogP contribution >= 0.6 is 0 Å². The van der Waals surface area contributed by atoms with Crippen molar-refractivity contribution in [1.82, 2.24) is 25.3 Å². The van der Waals surface area contributed by atoms with Gasteiger partial charge in [-0.25, -0.2) is 0 Å². The molecule has 0 aliphatic rings. The highest BCUT2D eigenvalue weighted by atomic mass is 16.4. The van der Waals surface area contributed by atoms with Crippen molar-refractivity contribution in [2.45, 2.75) is 26.9 Å². The van der Waals surface area contributed by atoms with Gasteiger partial charge in [-0.1, -0.05) is 30.3 Å². The lowest BCUT2D eigenvalue weighted by Crippen LogP contribution is -2.23. The fourth-order valence-electron chi connectivity index (χ4n) is 3.10. The van der Waals surface area contributed by atoms with Crippen molar-refractivity contribution in [3.05, 3.63) is 89.1 Å². The number of aryl methyl sites for hydroxylation is 2. The highest BCUT2D eigenvalue weighted by Gasteiger charge is 2.11. The van der Waals surface area contributed by atoms with Crippen LogP contribution in [0.15, 0.2) is 65.1 Å². The van der Waals surface area contributed by atoms with Crippen LogP contribution in [0.25, 0.3) is 11.5 Å². The Bertz CT molecular complexity index is 1130. The number of rotatable bonds is 6. The van der Waals surface area contributed by atoms with E-state index in [0.29, 0.717) is 23.9 Å². The molecule has 4 rings (SSSR count). The number of nitrogens with one attached hydrogen (secondary N) is 1. The molecule has 29 heavy (non-hydrogen) atoms. The largest absolute Gasteiger partial charge is 0.419 e. The van der Waals surface area contributed by atoms with Crippen molar-refractivity contribution in [1.29, 1.82) is 0 Å². The zero-order valence-electron chi connectivity index (χ0n) is 16.3. The average Bonchev–Trinajstić information content (AvgIpc) is 3.33. The Morgan fingerprint density at radius 3 is 2.62 bits per heavy atom. The first-order chi connectivity index (χ1) is 14.1. The maximum atomic E-state index is 12.5. The van der Waals surface area contributed by atoms with Crippen LogP contribution in [0.1, 0.15) is 33.2 Å². The van der Waals surface area contributed by atoms with Crippen LogP contribution in [0, 0.1) is 13.8 Å². The third-order valence-corrected chi connectivity index (χ3v) is 4.51. The first-order valence-corrected chi connectivity index (χ1v) is 9.34. The quantitative estimate of drug-likeness (QED) is 0.547. The number of amides is 1. The number of hydrogen-bond acceptors (Lipinski definition) is 5. The second kappa shape index (κ2) is 8.10. The molecule has 2 aromatic carbocycles. The van der Waals surface area contributed by atoms with E-state index in [1.165, 1.54) is 0 Å². The number of carbonyl (C=O) groups is 1. The normalized spacial score (nSPS) is 10.8. The summed E-state index contributed by atoms with van der Waals surface area (Å²) in [7, 11) is 0. The topological polar surface area (TPSA) is 85.8 Å². The average molecular weight is 387 g/mol. The van der Waals surface area contributed by atoms with Crippen molar-refractivity contribution in [2.75, 3.05) is 0 Å². The fourth-order valence-corrected chi connectivity index (χ4v) is 3.10. The molecule has 0 spiro atoms. The molecule has 0 saturated heterocycles. The summed E-state index contributed by atoms with van der Waals surface area (Å²) in [5.74, 6) is 0.595. The summed E-state index contributed by atoms with van der Waals surface area (Å²) in [6.45, 7) is 4.77. The molecule has 0 saturated carbocycles. The Labute approximate surface area is 168 Å². The second-order valence-electron chi connectivity index (χ2n) is 6.83. The predicted molar refractivity (Wildman–Crippen MR) is 108 cm³/mol. The Morgan fingerprint density at radius 2 is 1.86 bits per heavy atom. The second-order valence-corrected chi connectivity index (χ2v) is 6.83. The first kappa shape index (κ1) is 18.6. The zero-order valence-corrected chi connectivity index (χ0v) is 16.3. The van der Waals surface area contributed by atoms with Gasteiger partial charge in [-0.3, -0.25) is 9.48 Å². The molecule has 2 heterocycles. The van der Waals surface area contributed by atoms with E-state index in [9.17, 15) is 4.79 Å². The van der Waals surface area contributed by atoms with Crippen molar-refractivity contribution in [3.63, 3.8) is 0 Å². The highest BCUT2D eigenvalue weighted by Crippen LogP contribution is 2.17. The lowest BCUT2D eigenvalue weighted by Gasteiger charge is -2.07. The van der Waals surface area contributed by atoms with Gasteiger partial charge in [-0.2, -0.15) is 5.10 Å². The fraction of sp³-hybridized carbons (Fsp3) is 0.182. The van der Waals surface area contributed by atoms with Gasteiger partial charge in [0.25, 0.3) is 5.91 Å². The number of aromatic nitrogens is 4. The number of benzene rings is 2. The van der Waals surface area contributed by atoms with E-state index in [1.807, 2.05) is 73.1 Å². The standard InChI is InChI=1S/C22H21N5O2/c1-15-11-16(2)27(26-15)14-17-7-6-10-19(12-17)21(28)23-13-20-24-25-22(29-20)18-8-4-3-5-9-18/h3-12H,13-14H2,1-2H3,(H,23,28). The van der Waals surface area contributed by atoms with Crippen LogP contribution < -0.4 is 5.32 Å². The van der Waals surface area contributed by atoms with Crippen LogP contribution in [-0.2, 0) is 13.1 Å². The summed E-state index contributed by atoms with van der Waals surface area (Å²) in [5.41, 5.74) is 4.49. The van der Waals surface area contributed by atoms with E-state index in [4.69, 9.17) is 4.42 Å². The van der Waals surface area contributed by atoms with Gasteiger partial charge < -0.3 is 9.73 Å². The predicted octanol–water partition coefficient (Wildman–Crippen LogP) is 3.53. The molecule has 0 unspecified atom stereocenters. The summed E-state index contributed by atoms with van der Waals surface area (Å²) >= 11 is 0. The zero-order chi connectivity index (χ0) is 20.2. The minimum Gasteiger partial charge on any atom is -0.419 e. The maximum absolute atomic E-state index is 12.5. The molecular weight excluding hydrogens is 366 g/mol. The summed E-state index contributed by atoms with van der Waals surface area (Å²) < 4.78 is 7.55. The number of nitrogens with zero attached hydrogens (tertiary/aromatic N) is 4. The molecule has 7 nitrogen and oxygen atoms in total. The van der Waals surface area contributed by atoms with Gasteiger partial charge >= 0.3 is 0 Å². The van der Waals surface area contributed by atoms with E-state index >= 15 is 0 Å². The molecular formula is C22H21N5O2. The molecule has 0 aliphatic carbocycles. The van der Waals surface area contributed by atoms with Gasteiger partial charge in [0, 0.05) is 16.8 Å². The van der Waals surface area contributed by atoms with Crippen LogP contribution in [0.3, 0.4) is 0 Å². The molecule has 1 amide bonds. The van der Waals surface area contributed by atoms with E-state index in [2.05, 4.69) is 20.6 Å².